The minimum absolute atomic E-state index is 0.386. The highest BCUT2D eigenvalue weighted by molar-refractivity contribution is 5.33. The summed E-state index contributed by atoms with van der Waals surface area (Å²) in [4.78, 5) is 2.43. The molecule has 0 aromatic heterocycles. The SMILES string of the molecule is CCCC1(O)CN(CC2CCCc3ccccc32)C1. The van der Waals surface area contributed by atoms with Gasteiger partial charge in [0.05, 0.1) is 5.60 Å². The van der Waals surface area contributed by atoms with Gasteiger partial charge in [-0.25, -0.2) is 0 Å². The summed E-state index contributed by atoms with van der Waals surface area (Å²) < 4.78 is 0. The standard InChI is InChI=1S/C17H25NO/c1-2-10-17(19)12-18(13-17)11-15-8-5-7-14-6-3-4-9-16(14)15/h3-4,6,9,15,19H,2,5,7-8,10-13H2,1H3. The predicted molar refractivity (Wildman–Crippen MR) is 78.4 cm³/mol. The van der Waals surface area contributed by atoms with E-state index < -0.39 is 0 Å². The lowest BCUT2D eigenvalue weighted by Crippen LogP contribution is -2.62. The molecule has 1 aromatic carbocycles. The summed E-state index contributed by atoms with van der Waals surface area (Å²) in [5.41, 5.74) is 2.71. The van der Waals surface area contributed by atoms with Crippen LogP contribution in [0.2, 0.25) is 0 Å². The second-order valence-electron chi connectivity index (χ2n) is 6.43. The molecular formula is C17H25NO. The fourth-order valence-electron chi connectivity index (χ4n) is 3.89. The number of fused-ring (bicyclic) bond motifs is 1. The quantitative estimate of drug-likeness (QED) is 0.898. The van der Waals surface area contributed by atoms with Gasteiger partial charge in [-0.3, -0.25) is 4.90 Å². The maximum atomic E-state index is 10.3. The molecule has 2 aliphatic rings. The largest absolute Gasteiger partial charge is 0.387 e. The Hall–Kier alpha value is -0.860. The van der Waals surface area contributed by atoms with Gasteiger partial charge in [-0.2, -0.15) is 0 Å². The van der Waals surface area contributed by atoms with Crippen molar-refractivity contribution in [2.24, 2.45) is 0 Å². The van der Waals surface area contributed by atoms with E-state index in [1.54, 1.807) is 11.1 Å². The zero-order valence-electron chi connectivity index (χ0n) is 11.9. The monoisotopic (exact) mass is 259 g/mol. The van der Waals surface area contributed by atoms with E-state index in [0.29, 0.717) is 5.92 Å². The molecule has 1 fully saturated rings. The van der Waals surface area contributed by atoms with Gasteiger partial charge in [0.25, 0.3) is 0 Å². The molecule has 0 spiro atoms. The summed E-state index contributed by atoms with van der Waals surface area (Å²) >= 11 is 0. The van der Waals surface area contributed by atoms with Crippen LogP contribution in [0.15, 0.2) is 24.3 Å². The molecule has 1 saturated heterocycles. The molecule has 1 aromatic rings. The Kier molecular flexibility index (Phi) is 3.64. The Morgan fingerprint density at radius 1 is 1.32 bits per heavy atom. The minimum Gasteiger partial charge on any atom is -0.387 e. The van der Waals surface area contributed by atoms with Gasteiger partial charge in [0.2, 0.25) is 0 Å². The van der Waals surface area contributed by atoms with E-state index in [2.05, 4.69) is 36.1 Å². The fourth-order valence-corrected chi connectivity index (χ4v) is 3.89. The number of hydrogen-bond donors (Lipinski definition) is 1. The summed E-state index contributed by atoms with van der Waals surface area (Å²) in [5.74, 6) is 0.677. The van der Waals surface area contributed by atoms with E-state index in [4.69, 9.17) is 0 Å². The highest BCUT2D eigenvalue weighted by Crippen LogP contribution is 2.35. The summed E-state index contributed by atoms with van der Waals surface area (Å²) in [6.07, 6.45) is 5.89. The van der Waals surface area contributed by atoms with Crippen molar-refractivity contribution in [1.29, 1.82) is 0 Å². The number of rotatable bonds is 4. The molecule has 1 atom stereocenters. The fraction of sp³-hybridized carbons (Fsp3) is 0.647. The maximum absolute atomic E-state index is 10.3. The van der Waals surface area contributed by atoms with Crippen molar-refractivity contribution in [3.05, 3.63) is 35.4 Å². The normalized spacial score (nSPS) is 25.7. The summed E-state index contributed by atoms with van der Waals surface area (Å²) in [7, 11) is 0. The van der Waals surface area contributed by atoms with Gasteiger partial charge in [0.15, 0.2) is 0 Å². The van der Waals surface area contributed by atoms with Crippen molar-refractivity contribution in [1.82, 2.24) is 4.90 Å². The molecule has 19 heavy (non-hydrogen) atoms. The molecule has 1 aliphatic carbocycles. The average molecular weight is 259 g/mol. The molecule has 1 heterocycles. The maximum Gasteiger partial charge on any atom is 0.0900 e. The lowest BCUT2D eigenvalue weighted by atomic mass is 9.81. The van der Waals surface area contributed by atoms with Crippen LogP contribution < -0.4 is 0 Å². The number of likely N-dealkylation sites (tertiary alicyclic amines) is 1. The first-order chi connectivity index (χ1) is 9.20. The third-order valence-corrected chi connectivity index (χ3v) is 4.72. The molecule has 0 bridgehead atoms. The van der Waals surface area contributed by atoms with Crippen LogP contribution in [0.1, 0.15) is 49.7 Å². The van der Waals surface area contributed by atoms with Gasteiger partial charge in [0.1, 0.15) is 0 Å². The Morgan fingerprint density at radius 2 is 2.11 bits per heavy atom. The van der Waals surface area contributed by atoms with Crippen LogP contribution in [-0.4, -0.2) is 35.2 Å². The van der Waals surface area contributed by atoms with E-state index in [1.807, 2.05) is 0 Å². The molecule has 1 N–H and O–H groups in total. The van der Waals surface area contributed by atoms with Crippen LogP contribution in [0.5, 0.6) is 0 Å². The summed E-state index contributed by atoms with van der Waals surface area (Å²) in [6.45, 7) is 5.03. The Balaban J connectivity index is 1.61. The van der Waals surface area contributed by atoms with Crippen LogP contribution in [0.25, 0.3) is 0 Å². The van der Waals surface area contributed by atoms with Crippen molar-refractivity contribution < 1.29 is 5.11 Å². The molecule has 0 saturated carbocycles. The number of hydrogen-bond acceptors (Lipinski definition) is 2. The van der Waals surface area contributed by atoms with Gasteiger partial charge in [-0.05, 0) is 42.7 Å². The van der Waals surface area contributed by atoms with Crippen molar-refractivity contribution in [3.8, 4) is 0 Å². The third kappa shape index (κ3) is 2.70. The second kappa shape index (κ2) is 5.26. The third-order valence-electron chi connectivity index (χ3n) is 4.72. The van der Waals surface area contributed by atoms with E-state index in [9.17, 15) is 5.11 Å². The van der Waals surface area contributed by atoms with Crippen molar-refractivity contribution in [2.45, 2.75) is 50.5 Å². The number of nitrogens with zero attached hydrogens (tertiary/aromatic N) is 1. The molecule has 104 valence electrons. The minimum atomic E-state index is -0.386. The van der Waals surface area contributed by atoms with E-state index in [-0.39, 0.29) is 5.60 Å². The molecule has 1 aliphatic heterocycles. The van der Waals surface area contributed by atoms with E-state index in [1.165, 1.54) is 19.3 Å². The molecule has 2 nitrogen and oxygen atoms in total. The van der Waals surface area contributed by atoms with Crippen molar-refractivity contribution >= 4 is 0 Å². The molecular weight excluding hydrogens is 234 g/mol. The molecule has 3 rings (SSSR count). The Morgan fingerprint density at radius 3 is 2.89 bits per heavy atom. The first-order valence-electron chi connectivity index (χ1n) is 7.73. The summed E-state index contributed by atoms with van der Waals surface area (Å²) in [5, 5.41) is 10.3. The first kappa shape index (κ1) is 13.1. The van der Waals surface area contributed by atoms with Crippen LogP contribution in [-0.2, 0) is 6.42 Å². The van der Waals surface area contributed by atoms with E-state index in [0.717, 1.165) is 32.5 Å². The van der Waals surface area contributed by atoms with Crippen molar-refractivity contribution in [3.63, 3.8) is 0 Å². The lowest BCUT2D eigenvalue weighted by molar-refractivity contribution is -0.105. The molecule has 0 radical (unpaired) electrons. The number of aryl methyl sites for hydroxylation is 1. The topological polar surface area (TPSA) is 23.5 Å². The zero-order valence-corrected chi connectivity index (χ0v) is 11.9. The van der Waals surface area contributed by atoms with Crippen LogP contribution in [0, 0.1) is 0 Å². The second-order valence-corrected chi connectivity index (χ2v) is 6.43. The number of benzene rings is 1. The lowest BCUT2D eigenvalue weighted by Gasteiger charge is -2.48. The first-order valence-corrected chi connectivity index (χ1v) is 7.73. The van der Waals surface area contributed by atoms with Crippen molar-refractivity contribution in [2.75, 3.05) is 19.6 Å². The van der Waals surface area contributed by atoms with Crippen LogP contribution >= 0.6 is 0 Å². The molecule has 1 unspecified atom stereocenters. The van der Waals surface area contributed by atoms with Gasteiger partial charge in [-0.1, -0.05) is 37.6 Å². The molecule has 0 amide bonds. The highest BCUT2D eigenvalue weighted by Gasteiger charge is 2.41. The van der Waals surface area contributed by atoms with E-state index >= 15 is 0 Å². The van der Waals surface area contributed by atoms with Gasteiger partial charge in [0, 0.05) is 19.6 Å². The smallest absolute Gasteiger partial charge is 0.0900 e. The molecule has 2 heteroatoms. The van der Waals surface area contributed by atoms with Gasteiger partial charge in [-0.15, -0.1) is 0 Å². The van der Waals surface area contributed by atoms with Gasteiger partial charge >= 0.3 is 0 Å². The van der Waals surface area contributed by atoms with Crippen LogP contribution in [0.3, 0.4) is 0 Å². The Labute approximate surface area is 116 Å². The predicted octanol–water partition coefficient (Wildman–Crippen LogP) is 2.95. The summed E-state index contributed by atoms with van der Waals surface area (Å²) in [6, 6.07) is 8.91. The van der Waals surface area contributed by atoms with Gasteiger partial charge < -0.3 is 5.11 Å². The van der Waals surface area contributed by atoms with Crippen LogP contribution in [0.4, 0.5) is 0 Å². The zero-order chi connectivity index (χ0) is 13.3. The average Bonchev–Trinajstić information content (AvgIpc) is 2.38. The highest BCUT2D eigenvalue weighted by atomic mass is 16.3. The number of β-amino-alcohol motifs (C(OH)–C–C–N with tert-alkyl or cyclic N) is 1. The Bertz CT molecular complexity index is 437. The number of aliphatic hydroxyl groups is 1.